The van der Waals surface area contributed by atoms with Gasteiger partial charge in [0.05, 0.1) is 0 Å². The lowest BCUT2D eigenvalue weighted by Crippen LogP contribution is -2.22. The van der Waals surface area contributed by atoms with Crippen LogP contribution in [0.25, 0.3) is 0 Å². The third-order valence-electron chi connectivity index (χ3n) is 4.19. The Morgan fingerprint density at radius 1 is 1.25 bits per heavy atom. The molecule has 2 fully saturated rings. The highest BCUT2D eigenvalue weighted by molar-refractivity contribution is 6.30. The molecule has 0 aromatic carbocycles. The summed E-state index contributed by atoms with van der Waals surface area (Å²) < 4.78 is 0. The average Bonchev–Trinajstić information content (AvgIpc) is 3.16. The first-order valence-electron chi connectivity index (χ1n) is 7.74. The van der Waals surface area contributed by atoms with Crippen molar-refractivity contribution in [2.45, 2.75) is 44.9 Å². The van der Waals surface area contributed by atoms with Crippen molar-refractivity contribution in [3.05, 3.63) is 16.5 Å². The molecule has 1 aliphatic heterocycles. The molecule has 0 amide bonds. The van der Waals surface area contributed by atoms with Gasteiger partial charge in [0, 0.05) is 18.0 Å². The van der Waals surface area contributed by atoms with Gasteiger partial charge in [0.25, 0.3) is 0 Å². The van der Waals surface area contributed by atoms with Crippen LogP contribution in [-0.2, 0) is 0 Å². The van der Waals surface area contributed by atoms with Gasteiger partial charge in [0.2, 0.25) is 0 Å². The number of nitrogens with zero attached hydrogens (tertiary/aromatic N) is 3. The zero-order valence-corrected chi connectivity index (χ0v) is 12.9. The Labute approximate surface area is 125 Å². The van der Waals surface area contributed by atoms with Crippen molar-refractivity contribution in [1.29, 1.82) is 0 Å². The van der Waals surface area contributed by atoms with Gasteiger partial charge in [-0.3, -0.25) is 0 Å². The summed E-state index contributed by atoms with van der Waals surface area (Å²) in [5, 5.41) is 4.04. The van der Waals surface area contributed by atoms with E-state index in [0.717, 1.165) is 30.2 Å². The van der Waals surface area contributed by atoms with Crippen molar-refractivity contribution in [3.63, 3.8) is 0 Å². The van der Waals surface area contributed by atoms with Crippen LogP contribution >= 0.6 is 11.6 Å². The standard InChI is InChI=1S/C15H23ClN4/c1-11-13(16)18-15(12-5-6-12)19-14(11)17-7-4-10-20-8-2-3-9-20/h12H,2-10H2,1H3,(H,17,18,19). The molecule has 0 atom stereocenters. The van der Waals surface area contributed by atoms with Crippen LogP contribution in [0.3, 0.4) is 0 Å². The van der Waals surface area contributed by atoms with E-state index in [9.17, 15) is 0 Å². The number of hydrogen-bond acceptors (Lipinski definition) is 4. The van der Waals surface area contributed by atoms with Gasteiger partial charge in [-0.15, -0.1) is 0 Å². The molecule has 1 N–H and O–H groups in total. The predicted octanol–water partition coefficient (Wildman–Crippen LogP) is 3.21. The van der Waals surface area contributed by atoms with Crippen molar-refractivity contribution in [2.24, 2.45) is 0 Å². The van der Waals surface area contributed by atoms with Crippen LogP contribution in [0.1, 0.15) is 49.4 Å². The van der Waals surface area contributed by atoms with Crippen LogP contribution in [0.15, 0.2) is 0 Å². The van der Waals surface area contributed by atoms with Crippen molar-refractivity contribution in [1.82, 2.24) is 14.9 Å². The molecular formula is C15H23ClN4. The third-order valence-corrected chi connectivity index (χ3v) is 4.56. The van der Waals surface area contributed by atoms with E-state index in [4.69, 9.17) is 11.6 Å². The summed E-state index contributed by atoms with van der Waals surface area (Å²) in [4.78, 5) is 11.6. The van der Waals surface area contributed by atoms with Crippen LogP contribution in [0.5, 0.6) is 0 Å². The number of likely N-dealkylation sites (tertiary alicyclic amines) is 1. The summed E-state index contributed by atoms with van der Waals surface area (Å²) in [6.45, 7) is 6.66. The summed E-state index contributed by atoms with van der Waals surface area (Å²) in [5.41, 5.74) is 0.970. The lowest BCUT2D eigenvalue weighted by molar-refractivity contribution is 0.337. The average molecular weight is 295 g/mol. The number of anilines is 1. The van der Waals surface area contributed by atoms with Crippen LogP contribution in [0, 0.1) is 6.92 Å². The fraction of sp³-hybridized carbons (Fsp3) is 0.733. The number of rotatable bonds is 6. The lowest BCUT2D eigenvalue weighted by Gasteiger charge is -2.15. The highest BCUT2D eigenvalue weighted by Crippen LogP contribution is 2.39. The Kier molecular flexibility index (Phi) is 4.41. The van der Waals surface area contributed by atoms with Gasteiger partial charge < -0.3 is 10.2 Å². The maximum atomic E-state index is 6.21. The molecule has 1 aromatic heterocycles. The van der Waals surface area contributed by atoms with E-state index in [-0.39, 0.29) is 0 Å². The van der Waals surface area contributed by atoms with E-state index >= 15 is 0 Å². The fourth-order valence-electron chi connectivity index (χ4n) is 2.72. The van der Waals surface area contributed by atoms with Crippen molar-refractivity contribution in [3.8, 4) is 0 Å². The summed E-state index contributed by atoms with van der Waals surface area (Å²) in [6, 6.07) is 0. The molecular weight excluding hydrogens is 272 g/mol. The van der Waals surface area contributed by atoms with E-state index < -0.39 is 0 Å². The van der Waals surface area contributed by atoms with Gasteiger partial charge in [-0.05, 0) is 58.7 Å². The molecule has 2 aliphatic rings. The molecule has 0 unspecified atom stereocenters. The second-order valence-electron chi connectivity index (χ2n) is 5.95. The second-order valence-corrected chi connectivity index (χ2v) is 6.31. The van der Waals surface area contributed by atoms with E-state index in [1.807, 2.05) is 6.92 Å². The highest BCUT2D eigenvalue weighted by Gasteiger charge is 2.27. The molecule has 110 valence electrons. The number of halogens is 1. The minimum Gasteiger partial charge on any atom is -0.370 e. The van der Waals surface area contributed by atoms with E-state index in [2.05, 4.69) is 20.2 Å². The highest BCUT2D eigenvalue weighted by atomic mass is 35.5. The lowest BCUT2D eigenvalue weighted by atomic mass is 10.3. The Morgan fingerprint density at radius 3 is 2.70 bits per heavy atom. The van der Waals surface area contributed by atoms with E-state index in [0.29, 0.717) is 11.1 Å². The molecule has 0 spiro atoms. The van der Waals surface area contributed by atoms with Crippen LogP contribution in [0.2, 0.25) is 5.15 Å². The quantitative estimate of drug-likeness (QED) is 0.646. The van der Waals surface area contributed by atoms with Crippen LogP contribution in [0.4, 0.5) is 5.82 Å². The molecule has 0 bridgehead atoms. The van der Waals surface area contributed by atoms with Crippen LogP contribution in [-0.4, -0.2) is 41.0 Å². The molecule has 3 rings (SSSR count). The monoisotopic (exact) mass is 294 g/mol. The minimum atomic E-state index is 0.540. The van der Waals surface area contributed by atoms with Crippen molar-refractivity contribution >= 4 is 17.4 Å². The molecule has 5 heteroatoms. The van der Waals surface area contributed by atoms with Gasteiger partial charge >= 0.3 is 0 Å². The maximum absolute atomic E-state index is 6.21. The van der Waals surface area contributed by atoms with Gasteiger partial charge in [-0.2, -0.15) is 0 Å². The molecule has 1 aromatic rings. The SMILES string of the molecule is Cc1c(Cl)nc(C2CC2)nc1NCCCN1CCCC1. The smallest absolute Gasteiger partial charge is 0.137 e. The first-order valence-corrected chi connectivity index (χ1v) is 8.12. The molecule has 2 heterocycles. The summed E-state index contributed by atoms with van der Waals surface area (Å²) in [5.74, 6) is 2.38. The van der Waals surface area contributed by atoms with Crippen molar-refractivity contribution in [2.75, 3.05) is 31.5 Å². The Hall–Kier alpha value is -0.870. The van der Waals surface area contributed by atoms with Crippen molar-refractivity contribution < 1.29 is 0 Å². The molecule has 1 aliphatic carbocycles. The summed E-state index contributed by atoms with van der Waals surface area (Å²) in [7, 11) is 0. The first-order chi connectivity index (χ1) is 9.74. The van der Waals surface area contributed by atoms with E-state index in [1.54, 1.807) is 0 Å². The number of aromatic nitrogens is 2. The largest absolute Gasteiger partial charge is 0.370 e. The Morgan fingerprint density at radius 2 is 2.00 bits per heavy atom. The second kappa shape index (κ2) is 6.27. The maximum Gasteiger partial charge on any atom is 0.137 e. The fourth-order valence-corrected chi connectivity index (χ4v) is 2.89. The number of hydrogen-bond donors (Lipinski definition) is 1. The molecule has 1 saturated carbocycles. The topological polar surface area (TPSA) is 41.1 Å². The Bertz CT molecular complexity index is 467. The number of nitrogens with one attached hydrogen (secondary N) is 1. The molecule has 0 radical (unpaired) electrons. The first kappa shape index (κ1) is 14.1. The van der Waals surface area contributed by atoms with Gasteiger partial charge in [-0.1, -0.05) is 11.6 Å². The predicted molar refractivity (Wildman–Crippen MR) is 82.5 cm³/mol. The zero-order valence-electron chi connectivity index (χ0n) is 12.2. The normalized spacial score (nSPS) is 19.5. The summed E-state index contributed by atoms with van der Waals surface area (Å²) in [6.07, 6.45) is 6.28. The minimum absolute atomic E-state index is 0.540. The third kappa shape index (κ3) is 3.41. The van der Waals surface area contributed by atoms with Gasteiger partial charge in [-0.25, -0.2) is 9.97 Å². The Balaban J connectivity index is 1.53. The zero-order chi connectivity index (χ0) is 13.9. The van der Waals surface area contributed by atoms with E-state index in [1.165, 1.54) is 45.3 Å². The summed E-state index contributed by atoms with van der Waals surface area (Å²) >= 11 is 6.21. The van der Waals surface area contributed by atoms with Gasteiger partial charge in [0.1, 0.15) is 16.8 Å². The van der Waals surface area contributed by atoms with Crippen LogP contribution < -0.4 is 5.32 Å². The molecule has 1 saturated heterocycles. The molecule has 4 nitrogen and oxygen atoms in total. The molecule has 20 heavy (non-hydrogen) atoms. The van der Waals surface area contributed by atoms with Gasteiger partial charge in [0.15, 0.2) is 0 Å².